The zero-order chi connectivity index (χ0) is 30.2. The molecule has 4 aliphatic carbocycles. The van der Waals surface area contributed by atoms with E-state index in [1.165, 1.54) is 53.3 Å². The third-order valence-corrected chi connectivity index (χ3v) is 11.0. The van der Waals surface area contributed by atoms with Gasteiger partial charge in [-0.15, -0.1) is 0 Å². The zero-order valence-electron chi connectivity index (χ0n) is 25.2. The molecule has 4 aliphatic rings. The van der Waals surface area contributed by atoms with Crippen molar-refractivity contribution in [1.29, 1.82) is 0 Å². The number of nitrogens with zero attached hydrogens (tertiary/aromatic N) is 2. The summed E-state index contributed by atoms with van der Waals surface area (Å²) in [5, 5.41) is 3.48. The smallest absolute Gasteiger partial charge is 0.244 e. The maximum Gasteiger partial charge on any atom is 0.244 e. The van der Waals surface area contributed by atoms with Crippen molar-refractivity contribution < 1.29 is 18.0 Å². The van der Waals surface area contributed by atoms with Crippen LogP contribution in [0.4, 0.5) is 5.69 Å². The van der Waals surface area contributed by atoms with Gasteiger partial charge >= 0.3 is 0 Å². The van der Waals surface area contributed by atoms with Crippen LogP contribution in [-0.2, 0) is 31.6 Å². The van der Waals surface area contributed by atoms with Crippen LogP contribution >= 0.6 is 11.6 Å². The van der Waals surface area contributed by atoms with E-state index in [9.17, 15) is 18.0 Å². The van der Waals surface area contributed by atoms with Gasteiger partial charge in [-0.2, -0.15) is 0 Å². The molecule has 4 fully saturated rings. The summed E-state index contributed by atoms with van der Waals surface area (Å²) in [6.45, 7) is 5.35. The molecule has 0 aliphatic heterocycles. The molecule has 2 amide bonds. The molecule has 42 heavy (non-hydrogen) atoms. The molecule has 0 saturated heterocycles. The van der Waals surface area contributed by atoms with Gasteiger partial charge in [0.25, 0.3) is 0 Å². The van der Waals surface area contributed by atoms with Gasteiger partial charge in [-0.05, 0) is 117 Å². The second-order valence-corrected chi connectivity index (χ2v) is 15.6. The topological polar surface area (TPSA) is 86.8 Å². The normalized spacial score (nSPS) is 25.3. The minimum absolute atomic E-state index is 0.0981. The number of rotatable bonds is 11. The molecule has 1 unspecified atom stereocenters. The highest BCUT2D eigenvalue weighted by molar-refractivity contribution is 7.92. The van der Waals surface area contributed by atoms with E-state index in [1.54, 1.807) is 12.1 Å². The minimum atomic E-state index is -3.79. The second-order valence-electron chi connectivity index (χ2n) is 13.2. The van der Waals surface area contributed by atoms with Gasteiger partial charge in [-0.3, -0.25) is 13.9 Å². The highest BCUT2D eigenvalue weighted by Crippen LogP contribution is 2.60. The Morgan fingerprint density at radius 1 is 0.952 bits per heavy atom. The molecular weight excluding hydrogens is 570 g/mol. The van der Waals surface area contributed by atoms with Crippen molar-refractivity contribution in [2.45, 2.75) is 89.8 Å². The average molecular weight is 614 g/mol. The standard InChI is InChI=1S/C33H44ClN3O4S/c1-5-30(32(39)35-22(2)3)36(20-23-6-10-28(34)11-7-23)31(38)21-37(42(4,40)41)29-12-8-27(9-13-29)33-17-24-14-25(18-33)16-26(15-24)19-33/h6-13,22,24-26,30H,5,14-21H2,1-4H3,(H,35,39). The summed E-state index contributed by atoms with van der Waals surface area (Å²) in [6, 6.07) is 14.1. The molecule has 2 aromatic rings. The number of anilines is 1. The number of hydrogen-bond acceptors (Lipinski definition) is 4. The second kappa shape index (κ2) is 12.2. The summed E-state index contributed by atoms with van der Waals surface area (Å²) in [6.07, 6.45) is 9.27. The SMILES string of the molecule is CCC(C(=O)NC(C)C)N(Cc1ccc(Cl)cc1)C(=O)CN(c1ccc(C23CC4CC(CC(C4)C2)C3)cc1)S(C)(=O)=O. The van der Waals surface area contributed by atoms with Crippen LogP contribution in [-0.4, -0.2) is 50.0 Å². The quantitative estimate of drug-likeness (QED) is 0.342. The summed E-state index contributed by atoms with van der Waals surface area (Å²) >= 11 is 6.08. The van der Waals surface area contributed by atoms with E-state index in [2.05, 4.69) is 17.4 Å². The van der Waals surface area contributed by atoms with E-state index in [0.717, 1.165) is 29.6 Å². The van der Waals surface area contributed by atoms with E-state index in [1.807, 2.05) is 45.0 Å². The molecule has 2 aromatic carbocycles. The molecule has 9 heteroatoms. The van der Waals surface area contributed by atoms with Gasteiger partial charge in [0.05, 0.1) is 11.9 Å². The summed E-state index contributed by atoms with van der Waals surface area (Å²) in [7, 11) is -3.79. The van der Waals surface area contributed by atoms with E-state index in [-0.39, 0.29) is 23.9 Å². The maximum absolute atomic E-state index is 13.9. The van der Waals surface area contributed by atoms with E-state index in [4.69, 9.17) is 11.6 Å². The summed E-state index contributed by atoms with van der Waals surface area (Å²) < 4.78 is 27.3. The van der Waals surface area contributed by atoms with E-state index in [0.29, 0.717) is 17.1 Å². The Morgan fingerprint density at radius 2 is 1.50 bits per heavy atom. The molecule has 228 valence electrons. The fourth-order valence-corrected chi connectivity index (χ4v) is 9.12. The van der Waals surface area contributed by atoms with Gasteiger partial charge in [0.15, 0.2) is 0 Å². The highest BCUT2D eigenvalue weighted by atomic mass is 35.5. The molecular formula is C33H44ClN3O4S. The Kier molecular flexibility index (Phi) is 8.96. The van der Waals surface area contributed by atoms with Gasteiger partial charge < -0.3 is 10.2 Å². The number of sulfonamides is 1. The first-order chi connectivity index (χ1) is 19.9. The van der Waals surface area contributed by atoms with Crippen molar-refractivity contribution in [3.05, 3.63) is 64.7 Å². The van der Waals surface area contributed by atoms with Gasteiger partial charge in [0.2, 0.25) is 21.8 Å². The summed E-state index contributed by atoms with van der Waals surface area (Å²) in [5.74, 6) is 1.73. The molecule has 0 radical (unpaired) electrons. The van der Waals surface area contributed by atoms with Crippen LogP contribution in [0.1, 0.15) is 76.8 Å². The molecule has 0 heterocycles. The molecule has 1 atom stereocenters. The van der Waals surface area contributed by atoms with Gasteiger partial charge in [0, 0.05) is 17.6 Å². The van der Waals surface area contributed by atoms with Gasteiger partial charge in [-0.25, -0.2) is 8.42 Å². The lowest BCUT2D eigenvalue weighted by molar-refractivity contribution is -0.140. The molecule has 0 aromatic heterocycles. The van der Waals surface area contributed by atoms with Crippen molar-refractivity contribution in [3.63, 3.8) is 0 Å². The lowest BCUT2D eigenvalue weighted by atomic mass is 9.48. The zero-order valence-corrected chi connectivity index (χ0v) is 26.8. The fraction of sp³-hybridized carbons (Fsp3) is 0.576. The first-order valence-corrected chi connectivity index (χ1v) is 17.5. The van der Waals surface area contributed by atoms with Crippen molar-refractivity contribution in [2.24, 2.45) is 17.8 Å². The number of halogens is 1. The summed E-state index contributed by atoms with van der Waals surface area (Å²) in [5.41, 5.74) is 2.76. The van der Waals surface area contributed by atoms with Crippen molar-refractivity contribution in [3.8, 4) is 0 Å². The first-order valence-electron chi connectivity index (χ1n) is 15.3. The lowest BCUT2D eigenvalue weighted by Crippen LogP contribution is -2.53. The average Bonchev–Trinajstić information content (AvgIpc) is 2.91. The van der Waals surface area contributed by atoms with Crippen LogP contribution in [0.25, 0.3) is 0 Å². The van der Waals surface area contributed by atoms with Crippen molar-refractivity contribution >= 4 is 39.1 Å². The molecule has 4 saturated carbocycles. The number of nitrogens with one attached hydrogen (secondary N) is 1. The number of hydrogen-bond donors (Lipinski definition) is 1. The minimum Gasteiger partial charge on any atom is -0.352 e. The third-order valence-electron chi connectivity index (χ3n) is 9.57. The predicted molar refractivity (Wildman–Crippen MR) is 168 cm³/mol. The Morgan fingerprint density at radius 3 is 1.98 bits per heavy atom. The van der Waals surface area contributed by atoms with Gasteiger partial charge in [-0.1, -0.05) is 42.8 Å². The largest absolute Gasteiger partial charge is 0.352 e. The number of carbonyl (C=O) groups excluding carboxylic acids is 2. The Balaban J connectivity index is 1.40. The molecule has 1 N–H and O–H groups in total. The van der Waals surface area contributed by atoms with Crippen molar-refractivity contribution in [2.75, 3.05) is 17.1 Å². The first kappa shape index (κ1) is 30.9. The fourth-order valence-electron chi connectivity index (χ4n) is 8.15. The predicted octanol–water partition coefficient (Wildman–Crippen LogP) is 5.91. The maximum atomic E-state index is 13.9. The van der Waals surface area contributed by atoms with Crippen LogP contribution in [0.15, 0.2) is 48.5 Å². The Hall–Kier alpha value is -2.58. The van der Waals surface area contributed by atoms with Crippen LogP contribution in [0.2, 0.25) is 5.02 Å². The molecule has 6 rings (SSSR count). The summed E-state index contributed by atoms with van der Waals surface area (Å²) in [4.78, 5) is 28.6. The molecule has 0 spiro atoms. The highest BCUT2D eigenvalue weighted by Gasteiger charge is 2.51. The Bertz CT molecular complexity index is 1360. The van der Waals surface area contributed by atoms with E-state index >= 15 is 0 Å². The number of carbonyl (C=O) groups is 2. The number of benzene rings is 2. The van der Waals surface area contributed by atoms with Crippen LogP contribution in [0, 0.1) is 17.8 Å². The number of amides is 2. The van der Waals surface area contributed by atoms with Crippen molar-refractivity contribution in [1.82, 2.24) is 10.2 Å². The van der Waals surface area contributed by atoms with Crippen LogP contribution in [0.3, 0.4) is 0 Å². The van der Waals surface area contributed by atoms with Crippen LogP contribution < -0.4 is 9.62 Å². The van der Waals surface area contributed by atoms with Gasteiger partial charge in [0.1, 0.15) is 12.6 Å². The lowest BCUT2D eigenvalue weighted by Gasteiger charge is -2.57. The Labute approximate surface area is 256 Å². The monoisotopic (exact) mass is 613 g/mol. The third kappa shape index (κ3) is 6.65. The van der Waals surface area contributed by atoms with E-state index < -0.39 is 28.5 Å². The molecule has 7 nitrogen and oxygen atoms in total. The van der Waals surface area contributed by atoms with Crippen LogP contribution in [0.5, 0.6) is 0 Å². The molecule has 4 bridgehead atoms.